The summed E-state index contributed by atoms with van der Waals surface area (Å²) >= 11 is 0. The number of halogens is 1. The average molecular weight is 188 g/mol. The third-order valence-corrected chi connectivity index (χ3v) is 1.70. The summed E-state index contributed by atoms with van der Waals surface area (Å²) in [7, 11) is 0. The molecule has 0 saturated carbocycles. The lowest BCUT2D eigenvalue weighted by atomic mass is 10.1. The highest BCUT2D eigenvalue weighted by molar-refractivity contribution is 5.85. The van der Waals surface area contributed by atoms with Gasteiger partial charge in [-0.15, -0.1) is 12.4 Å². The molecule has 0 aromatic heterocycles. The van der Waals surface area contributed by atoms with Gasteiger partial charge >= 0.3 is 0 Å². The van der Waals surface area contributed by atoms with Gasteiger partial charge < -0.3 is 10.8 Å². The van der Waals surface area contributed by atoms with E-state index in [0.29, 0.717) is 6.54 Å². The first-order chi connectivity index (χ1) is 5.38. The summed E-state index contributed by atoms with van der Waals surface area (Å²) in [6.45, 7) is 0.743. The van der Waals surface area contributed by atoms with Crippen LogP contribution in [0.4, 0.5) is 0 Å². The van der Waals surface area contributed by atoms with Gasteiger partial charge in [0.05, 0.1) is 6.61 Å². The van der Waals surface area contributed by atoms with E-state index in [-0.39, 0.29) is 19.0 Å². The minimum absolute atomic E-state index is 0. The van der Waals surface area contributed by atoms with Crippen LogP contribution in [-0.4, -0.2) is 11.7 Å². The van der Waals surface area contributed by atoms with Crippen LogP contribution in [0.3, 0.4) is 0 Å². The molecule has 0 radical (unpaired) electrons. The molecule has 0 atom stereocenters. The first-order valence-electron chi connectivity index (χ1n) is 3.76. The van der Waals surface area contributed by atoms with Crippen LogP contribution in [0.15, 0.2) is 24.3 Å². The van der Waals surface area contributed by atoms with Crippen molar-refractivity contribution in [2.24, 2.45) is 5.73 Å². The Hall–Kier alpha value is -0.570. The Balaban J connectivity index is 0.00000121. The number of hydrogen-bond donors (Lipinski definition) is 2. The number of hydrogen-bond acceptors (Lipinski definition) is 2. The summed E-state index contributed by atoms with van der Waals surface area (Å²) in [5.74, 6) is 0. The molecule has 12 heavy (non-hydrogen) atoms. The second-order valence-electron chi connectivity index (χ2n) is 2.47. The third kappa shape index (κ3) is 2.81. The molecule has 1 aromatic carbocycles. The van der Waals surface area contributed by atoms with Gasteiger partial charge in [-0.3, -0.25) is 0 Å². The number of aliphatic hydroxyl groups excluding tert-OH is 1. The second kappa shape index (κ2) is 6.00. The predicted octanol–water partition coefficient (Wildman–Crippen LogP) is 1.10. The zero-order valence-corrected chi connectivity index (χ0v) is 7.68. The SMILES string of the molecule is Cl.NCCc1ccccc1CO. The van der Waals surface area contributed by atoms with Gasteiger partial charge in [0.15, 0.2) is 0 Å². The molecule has 0 fully saturated rings. The number of benzene rings is 1. The van der Waals surface area contributed by atoms with Crippen molar-refractivity contribution in [3.63, 3.8) is 0 Å². The van der Waals surface area contributed by atoms with E-state index in [2.05, 4.69) is 0 Å². The molecule has 0 aliphatic rings. The molecule has 0 saturated heterocycles. The highest BCUT2D eigenvalue weighted by atomic mass is 35.5. The van der Waals surface area contributed by atoms with Crippen LogP contribution >= 0.6 is 12.4 Å². The van der Waals surface area contributed by atoms with E-state index in [0.717, 1.165) is 17.5 Å². The van der Waals surface area contributed by atoms with Crippen LogP contribution in [-0.2, 0) is 13.0 Å². The second-order valence-corrected chi connectivity index (χ2v) is 2.47. The first kappa shape index (κ1) is 11.4. The molecule has 1 rings (SSSR count). The highest BCUT2D eigenvalue weighted by Crippen LogP contribution is 2.08. The van der Waals surface area contributed by atoms with Gasteiger partial charge in [0.2, 0.25) is 0 Å². The maximum atomic E-state index is 8.90. The Morgan fingerprint density at radius 1 is 1.17 bits per heavy atom. The molecule has 68 valence electrons. The van der Waals surface area contributed by atoms with E-state index in [1.165, 1.54) is 0 Å². The maximum Gasteiger partial charge on any atom is 0.0684 e. The largest absolute Gasteiger partial charge is 0.392 e. The molecule has 3 heteroatoms. The summed E-state index contributed by atoms with van der Waals surface area (Å²) < 4.78 is 0. The number of rotatable bonds is 3. The minimum atomic E-state index is 0. The summed E-state index contributed by atoms with van der Waals surface area (Å²) in [5.41, 5.74) is 7.54. The molecule has 0 bridgehead atoms. The van der Waals surface area contributed by atoms with Crippen LogP contribution in [0.25, 0.3) is 0 Å². The van der Waals surface area contributed by atoms with Gasteiger partial charge in [-0.25, -0.2) is 0 Å². The van der Waals surface area contributed by atoms with Crippen molar-refractivity contribution in [2.75, 3.05) is 6.54 Å². The smallest absolute Gasteiger partial charge is 0.0684 e. The zero-order valence-electron chi connectivity index (χ0n) is 6.86. The van der Waals surface area contributed by atoms with E-state index >= 15 is 0 Å². The van der Waals surface area contributed by atoms with Gasteiger partial charge in [-0.1, -0.05) is 24.3 Å². The molecule has 0 aliphatic carbocycles. The number of aliphatic hydroxyl groups is 1. The van der Waals surface area contributed by atoms with Gasteiger partial charge in [-0.2, -0.15) is 0 Å². The Bertz CT molecular complexity index is 228. The van der Waals surface area contributed by atoms with Crippen LogP contribution in [0.1, 0.15) is 11.1 Å². The topological polar surface area (TPSA) is 46.2 Å². The normalized spacial score (nSPS) is 9.17. The lowest BCUT2D eigenvalue weighted by Gasteiger charge is -2.03. The fourth-order valence-electron chi connectivity index (χ4n) is 1.11. The lowest BCUT2D eigenvalue weighted by Crippen LogP contribution is -2.04. The number of nitrogens with two attached hydrogens (primary N) is 1. The molecule has 0 aliphatic heterocycles. The molecule has 1 aromatic rings. The van der Waals surface area contributed by atoms with Crippen molar-refractivity contribution in [1.82, 2.24) is 0 Å². The molecule has 2 nitrogen and oxygen atoms in total. The van der Waals surface area contributed by atoms with Crippen LogP contribution in [0.2, 0.25) is 0 Å². The van der Waals surface area contributed by atoms with E-state index in [1.54, 1.807) is 0 Å². The Morgan fingerprint density at radius 3 is 2.25 bits per heavy atom. The Labute approximate surface area is 78.8 Å². The van der Waals surface area contributed by atoms with Crippen molar-refractivity contribution < 1.29 is 5.11 Å². The molecule has 0 heterocycles. The highest BCUT2D eigenvalue weighted by Gasteiger charge is 1.97. The van der Waals surface area contributed by atoms with Crippen LogP contribution in [0.5, 0.6) is 0 Å². The fourth-order valence-corrected chi connectivity index (χ4v) is 1.11. The minimum Gasteiger partial charge on any atom is -0.392 e. The standard InChI is InChI=1S/C9H13NO.ClH/c10-6-5-8-3-1-2-4-9(8)7-11;/h1-4,11H,5-7,10H2;1H. The van der Waals surface area contributed by atoms with Crippen molar-refractivity contribution >= 4 is 12.4 Å². The van der Waals surface area contributed by atoms with Gasteiger partial charge in [0.1, 0.15) is 0 Å². The van der Waals surface area contributed by atoms with Crippen LogP contribution in [0, 0.1) is 0 Å². The van der Waals surface area contributed by atoms with Crippen molar-refractivity contribution in [2.45, 2.75) is 13.0 Å². The zero-order chi connectivity index (χ0) is 8.10. The third-order valence-electron chi connectivity index (χ3n) is 1.70. The van der Waals surface area contributed by atoms with Crippen molar-refractivity contribution in [3.05, 3.63) is 35.4 Å². The van der Waals surface area contributed by atoms with E-state index in [1.807, 2.05) is 24.3 Å². The summed E-state index contributed by atoms with van der Waals surface area (Å²) in [6, 6.07) is 7.80. The summed E-state index contributed by atoms with van der Waals surface area (Å²) in [4.78, 5) is 0. The first-order valence-corrected chi connectivity index (χ1v) is 3.76. The van der Waals surface area contributed by atoms with Gasteiger partial charge in [-0.05, 0) is 24.1 Å². The molecular formula is C9H14ClNO. The molecular weight excluding hydrogens is 174 g/mol. The quantitative estimate of drug-likeness (QED) is 0.745. The van der Waals surface area contributed by atoms with E-state index in [9.17, 15) is 0 Å². The average Bonchev–Trinajstić information content (AvgIpc) is 2.06. The van der Waals surface area contributed by atoms with Gasteiger partial charge in [0, 0.05) is 0 Å². The molecule has 0 amide bonds. The van der Waals surface area contributed by atoms with Crippen molar-refractivity contribution in [1.29, 1.82) is 0 Å². The molecule has 3 N–H and O–H groups in total. The maximum absolute atomic E-state index is 8.90. The fraction of sp³-hybridized carbons (Fsp3) is 0.333. The Kier molecular flexibility index (Phi) is 5.72. The lowest BCUT2D eigenvalue weighted by molar-refractivity contribution is 0.280. The predicted molar refractivity (Wildman–Crippen MR) is 52.4 cm³/mol. The van der Waals surface area contributed by atoms with Gasteiger partial charge in [0.25, 0.3) is 0 Å². The molecule has 0 spiro atoms. The van der Waals surface area contributed by atoms with E-state index in [4.69, 9.17) is 10.8 Å². The summed E-state index contributed by atoms with van der Waals surface area (Å²) in [5, 5.41) is 8.90. The van der Waals surface area contributed by atoms with Crippen LogP contribution < -0.4 is 5.73 Å². The summed E-state index contributed by atoms with van der Waals surface area (Å²) in [6.07, 6.45) is 0.844. The monoisotopic (exact) mass is 187 g/mol. The van der Waals surface area contributed by atoms with E-state index < -0.39 is 0 Å². The van der Waals surface area contributed by atoms with Crippen molar-refractivity contribution in [3.8, 4) is 0 Å². The molecule has 0 unspecified atom stereocenters. The Morgan fingerprint density at radius 2 is 1.75 bits per heavy atom.